The van der Waals surface area contributed by atoms with Crippen molar-refractivity contribution in [2.75, 3.05) is 18.0 Å². The number of nitrogens with zero attached hydrogens (tertiary/aromatic N) is 5. The maximum absolute atomic E-state index is 12.5. The Bertz CT molecular complexity index is 931. The van der Waals surface area contributed by atoms with E-state index in [0.29, 0.717) is 5.69 Å². The highest BCUT2D eigenvalue weighted by molar-refractivity contribution is 5.92. The first-order valence-corrected chi connectivity index (χ1v) is 8.88. The Morgan fingerprint density at radius 3 is 2.85 bits per heavy atom. The lowest BCUT2D eigenvalue weighted by atomic mass is 10.1. The lowest BCUT2D eigenvalue weighted by molar-refractivity contribution is 0.0927. The van der Waals surface area contributed by atoms with Crippen LogP contribution in [-0.4, -0.2) is 44.8 Å². The van der Waals surface area contributed by atoms with Gasteiger partial charge >= 0.3 is 0 Å². The Labute approximate surface area is 152 Å². The molecule has 1 atom stereocenters. The van der Waals surface area contributed by atoms with Crippen LogP contribution in [-0.2, 0) is 7.05 Å². The summed E-state index contributed by atoms with van der Waals surface area (Å²) in [6, 6.07) is 9.74. The summed E-state index contributed by atoms with van der Waals surface area (Å²) in [5.41, 5.74) is 3.21. The highest BCUT2D eigenvalue weighted by Crippen LogP contribution is 2.20. The number of anilines is 1. The van der Waals surface area contributed by atoms with Gasteiger partial charge in [0.25, 0.3) is 5.91 Å². The summed E-state index contributed by atoms with van der Waals surface area (Å²) in [6.45, 7) is 3.58. The van der Waals surface area contributed by atoms with Crippen molar-refractivity contribution in [2.24, 2.45) is 7.05 Å². The lowest BCUT2D eigenvalue weighted by Gasteiger charge is -2.33. The van der Waals surface area contributed by atoms with E-state index in [0.717, 1.165) is 48.5 Å². The molecule has 26 heavy (non-hydrogen) atoms. The number of benzene rings is 1. The van der Waals surface area contributed by atoms with Crippen molar-refractivity contribution in [3.8, 4) is 0 Å². The summed E-state index contributed by atoms with van der Waals surface area (Å²) in [7, 11) is 1.84. The van der Waals surface area contributed by atoms with E-state index in [4.69, 9.17) is 4.98 Å². The molecule has 1 N–H and O–H groups in total. The fourth-order valence-corrected chi connectivity index (χ4v) is 3.33. The molecular formula is C19H22N6O. The SMILES string of the molecule is Cc1cc(C(=O)NC2CCCN(c3cnc4ccccc4n3)C2)nn1C. The van der Waals surface area contributed by atoms with E-state index < -0.39 is 0 Å². The number of carbonyl (C=O) groups excluding carboxylic acids is 1. The monoisotopic (exact) mass is 350 g/mol. The number of nitrogens with one attached hydrogen (secondary N) is 1. The molecule has 1 aliphatic rings. The topological polar surface area (TPSA) is 75.9 Å². The van der Waals surface area contributed by atoms with Crippen molar-refractivity contribution in [1.82, 2.24) is 25.1 Å². The second-order valence-electron chi connectivity index (χ2n) is 6.77. The Hall–Kier alpha value is -2.96. The maximum Gasteiger partial charge on any atom is 0.272 e. The van der Waals surface area contributed by atoms with Gasteiger partial charge in [0.1, 0.15) is 11.5 Å². The molecule has 2 aromatic heterocycles. The van der Waals surface area contributed by atoms with E-state index >= 15 is 0 Å². The number of aryl methyl sites for hydroxylation is 2. The third-order valence-electron chi connectivity index (χ3n) is 4.86. The van der Waals surface area contributed by atoms with Gasteiger partial charge in [-0.05, 0) is 38.0 Å². The zero-order chi connectivity index (χ0) is 18.1. The van der Waals surface area contributed by atoms with Crippen molar-refractivity contribution >= 4 is 22.8 Å². The quantitative estimate of drug-likeness (QED) is 0.783. The summed E-state index contributed by atoms with van der Waals surface area (Å²) in [6.07, 6.45) is 3.77. The van der Waals surface area contributed by atoms with Gasteiger partial charge in [-0.1, -0.05) is 12.1 Å². The van der Waals surface area contributed by atoms with Crippen LogP contribution < -0.4 is 10.2 Å². The standard InChI is InChI=1S/C19H22N6O/c1-13-10-17(23-24(13)2)19(26)21-14-6-5-9-25(12-14)18-11-20-15-7-3-4-8-16(15)22-18/h3-4,7-8,10-11,14H,5-6,9,12H2,1-2H3,(H,21,26). The largest absolute Gasteiger partial charge is 0.353 e. The van der Waals surface area contributed by atoms with Gasteiger partial charge in [0.05, 0.1) is 17.2 Å². The highest BCUT2D eigenvalue weighted by Gasteiger charge is 2.24. The van der Waals surface area contributed by atoms with Crippen LogP contribution in [0.4, 0.5) is 5.82 Å². The zero-order valence-electron chi connectivity index (χ0n) is 15.0. The highest BCUT2D eigenvalue weighted by atomic mass is 16.2. The van der Waals surface area contributed by atoms with Crippen molar-refractivity contribution in [3.05, 3.63) is 47.9 Å². The van der Waals surface area contributed by atoms with Crippen LogP contribution >= 0.6 is 0 Å². The number of rotatable bonds is 3. The number of hydrogen-bond donors (Lipinski definition) is 1. The van der Waals surface area contributed by atoms with Gasteiger partial charge in [-0.25, -0.2) is 4.98 Å². The number of hydrogen-bond acceptors (Lipinski definition) is 5. The van der Waals surface area contributed by atoms with E-state index in [1.165, 1.54) is 0 Å². The van der Waals surface area contributed by atoms with E-state index in [1.807, 2.05) is 50.5 Å². The molecule has 1 unspecified atom stereocenters. The van der Waals surface area contributed by atoms with Gasteiger partial charge in [-0.2, -0.15) is 5.10 Å². The number of amides is 1. The minimum absolute atomic E-state index is 0.0758. The third kappa shape index (κ3) is 3.24. The molecule has 7 heteroatoms. The summed E-state index contributed by atoms with van der Waals surface area (Å²) in [5, 5.41) is 7.36. The lowest BCUT2D eigenvalue weighted by Crippen LogP contribution is -2.48. The van der Waals surface area contributed by atoms with E-state index in [2.05, 4.69) is 20.3 Å². The minimum atomic E-state index is -0.120. The van der Waals surface area contributed by atoms with Crippen LogP contribution in [0, 0.1) is 6.92 Å². The van der Waals surface area contributed by atoms with Crippen LogP contribution in [0.1, 0.15) is 29.0 Å². The molecule has 3 heterocycles. The van der Waals surface area contributed by atoms with Crippen molar-refractivity contribution in [3.63, 3.8) is 0 Å². The number of para-hydroxylation sites is 2. The molecule has 134 valence electrons. The molecule has 1 fully saturated rings. The van der Waals surface area contributed by atoms with Crippen molar-refractivity contribution < 1.29 is 4.79 Å². The average molecular weight is 350 g/mol. The molecule has 1 saturated heterocycles. The number of carbonyl (C=O) groups is 1. The second kappa shape index (κ2) is 6.74. The maximum atomic E-state index is 12.5. The Kier molecular flexibility index (Phi) is 4.28. The van der Waals surface area contributed by atoms with Gasteiger partial charge < -0.3 is 10.2 Å². The zero-order valence-corrected chi connectivity index (χ0v) is 15.0. The molecule has 1 aliphatic heterocycles. The van der Waals surface area contributed by atoms with Gasteiger partial charge in [-0.3, -0.25) is 14.5 Å². The van der Waals surface area contributed by atoms with Gasteiger partial charge in [0, 0.05) is 31.9 Å². The molecule has 1 amide bonds. The number of piperidine rings is 1. The minimum Gasteiger partial charge on any atom is -0.353 e. The van der Waals surface area contributed by atoms with Crippen LogP contribution in [0.2, 0.25) is 0 Å². The Morgan fingerprint density at radius 2 is 2.08 bits per heavy atom. The van der Waals surface area contributed by atoms with Crippen LogP contribution in [0.3, 0.4) is 0 Å². The number of fused-ring (bicyclic) bond motifs is 1. The number of aromatic nitrogens is 4. The predicted octanol–water partition coefficient (Wildman–Crippen LogP) is 2.07. The summed E-state index contributed by atoms with van der Waals surface area (Å²) in [5.74, 6) is 0.737. The molecule has 1 aromatic carbocycles. The average Bonchev–Trinajstić information content (AvgIpc) is 3.00. The summed E-state index contributed by atoms with van der Waals surface area (Å²) in [4.78, 5) is 23.9. The summed E-state index contributed by atoms with van der Waals surface area (Å²) < 4.78 is 1.72. The molecule has 0 radical (unpaired) electrons. The second-order valence-corrected chi connectivity index (χ2v) is 6.77. The van der Waals surface area contributed by atoms with Gasteiger partial charge in [0.15, 0.2) is 0 Å². The van der Waals surface area contributed by atoms with Crippen LogP contribution in [0.5, 0.6) is 0 Å². The van der Waals surface area contributed by atoms with Crippen LogP contribution in [0.15, 0.2) is 36.5 Å². The van der Waals surface area contributed by atoms with E-state index in [-0.39, 0.29) is 11.9 Å². The normalized spacial score (nSPS) is 17.5. The molecular weight excluding hydrogens is 328 g/mol. The van der Waals surface area contributed by atoms with E-state index in [9.17, 15) is 4.79 Å². The molecule has 3 aromatic rings. The predicted molar refractivity (Wildman–Crippen MR) is 100 cm³/mol. The fraction of sp³-hybridized carbons (Fsp3) is 0.368. The first kappa shape index (κ1) is 16.5. The molecule has 7 nitrogen and oxygen atoms in total. The van der Waals surface area contributed by atoms with E-state index in [1.54, 1.807) is 4.68 Å². The first-order valence-electron chi connectivity index (χ1n) is 8.88. The molecule has 4 rings (SSSR count). The van der Waals surface area contributed by atoms with Gasteiger partial charge in [-0.15, -0.1) is 0 Å². The fourth-order valence-electron chi connectivity index (χ4n) is 3.33. The van der Waals surface area contributed by atoms with Crippen molar-refractivity contribution in [2.45, 2.75) is 25.8 Å². The molecule has 0 bridgehead atoms. The molecule has 0 saturated carbocycles. The summed E-state index contributed by atoms with van der Waals surface area (Å²) >= 11 is 0. The van der Waals surface area contributed by atoms with Crippen molar-refractivity contribution in [1.29, 1.82) is 0 Å². The smallest absolute Gasteiger partial charge is 0.272 e. The van der Waals surface area contributed by atoms with Gasteiger partial charge in [0.2, 0.25) is 0 Å². The Balaban J connectivity index is 1.47. The Morgan fingerprint density at radius 1 is 1.27 bits per heavy atom. The molecule has 0 spiro atoms. The van der Waals surface area contributed by atoms with Crippen LogP contribution in [0.25, 0.3) is 11.0 Å². The first-order chi connectivity index (χ1) is 12.6. The third-order valence-corrected chi connectivity index (χ3v) is 4.86. The molecule has 0 aliphatic carbocycles.